The Balaban J connectivity index is 2.03. The number of carboxylic acid groups (broad SMARTS) is 1. The first-order valence-corrected chi connectivity index (χ1v) is 10.1. The standard InChI is InChI=1S/C22H23ClF3NO3/c1-2-30-17-5-3-4-15(12-17)20(27-10-8-14(9-11-27)21(28)29)16-6-7-19(23)18(13-16)22(24,25)26/h3-7,12-14,20H,2,8-11H2,1H3,(H,28,29). The third-order valence-corrected chi connectivity index (χ3v) is 5.67. The molecule has 1 aliphatic rings. The molecule has 1 N–H and O–H groups in total. The van der Waals surface area contributed by atoms with Crippen LogP contribution >= 0.6 is 11.6 Å². The molecule has 1 fully saturated rings. The highest BCUT2D eigenvalue weighted by Gasteiger charge is 2.36. The van der Waals surface area contributed by atoms with Crippen LogP contribution in [0.5, 0.6) is 5.75 Å². The summed E-state index contributed by atoms with van der Waals surface area (Å²) < 4.78 is 45.9. The molecule has 1 unspecified atom stereocenters. The molecule has 2 aromatic rings. The average molecular weight is 442 g/mol. The van der Waals surface area contributed by atoms with Gasteiger partial charge in [-0.05, 0) is 68.2 Å². The monoisotopic (exact) mass is 441 g/mol. The Bertz CT molecular complexity index is 895. The van der Waals surface area contributed by atoms with Crippen molar-refractivity contribution in [3.8, 4) is 5.75 Å². The lowest BCUT2D eigenvalue weighted by Gasteiger charge is -2.37. The maximum absolute atomic E-state index is 13.5. The third-order valence-electron chi connectivity index (χ3n) is 5.34. The lowest BCUT2D eigenvalue weighted by atomic mass is 9.90. The number of hydrogen-bond donors (Lipinski definition) is 1. The highest BCUT2D eigenvalue weighted by molar-refractivity contribution is 6.31. The van der Waals surface area contributed by atoms with E-state index in [2.05, 4.69) is 0 Å². The highest BCUT2D eigenvalue weighted by atomic mass is 35.5. The molecule has 0 radical (unpaired) electrons. The molecule has 0 bridgehead atoms. The fraction of sp³-hybridized carbons (Fsp3) is 0.409. The van der Waals surface area contributed by atoms with Gasteiger partial charge in [0.25, 0.3) is 0 Å². The van der Waals surface area contributed by atoms with Crippen LogP contribution in [0.25, 0.3) is 0 Å². The molecule has 0 aromatic heterocycles. The Morgan fingerprint density at radius 3 is 2.47 bits per heavy atom. The highest BCUT2D eigenvalue weighted by Crippen LogP contribution is 2.40. The molecule has 0 amide bonds. The molecule has 8 heteroatoms. The fourth-order valence-electron chi connectivity index (χ4n) is 3.89. The van der Waals surface area contributed by atoms with Gasteiger partial charge in [-0.3, -0.25) is 9.69 Å². The fourth-order valence-corrected chi connectivity index (χ4v) is 4.11. The molecular formula is C22H23ClF3NO3. The summed E-state index contributed by atoms with van der Waals surface area (Å²) in [4.78, 5) is 13.3. The van der Waals surface area contributed by atoms with Crippen LogP contribution in [-0.4, -0.2) is 35.7 Å². The van der Waals surface area contributed by atoms with Crippen LogP contribution in [-0.2, 0) is 11.0 Å². The number of aliphatic carboxylic acids is 1. The molecular weight excluding hydrogens is 419 g/mol. The number of piperidine rings is 1. The van der Waals surface area contributed by atoms with Crippen molar-refractivity contribution >= 4 is 17.6 Å². The SMILES string of the molecule is CCOc1cccc(C(c2ccc(Cl)c(C(F)(F)F)c2)N2CCC(C(=O)O)CC2)c1. The van der Waals surface area contributed by atoms with E-state index in [0.717, 1.165) is 11.6 Å². The van der Waals surface area contributed by atoms with Crippen molar-refractivity contribution in [3.05, 3.63) is 64.2 Å². The number of carboxylic acids is 1. The van der Waals surface area contributed by atoms with Gasteiger partial charge in [0, 0.05) is 0 Å². The normalized spacial score (nSPS) is 17.0. The lowest BCUT2D eigenvalue weighted by molar-refractivity contribution is -0.143. The van der Waals surface area contributed by atoms with Crippen LogP contribution in [0.1, 0.15) is 42.5 Å². The number of nitrogens with zero attached hydrogens (tertiary/aromatic N) is 1. The van der Waals surface area contributed by atoms with Crippen molar-refractivity contribution in [2.24, 2.45) is 5.92 Å². The largest absolute Gasteiger partial charge is 0.494 e. The first kappa shape index (κ1) is 22.4. The van der Waals surface area contributed by atoms with Crippen LogP contribution in [0, 0.1) is 5.92 Å². The topological polar surface area (TPSA) is 49.8 Å². The van der Waals surface area contributed by atoms with Gasteiger partial charge in [-0.2, -0.15) is 13.2 Å². The van der Waals surface area contributed by atoms with Crippen LogP contribution in [0.15, 0.2) is 42.5 Å². The maximum Gasteiger partial charge on any atom is 0.417 e. The van der Waals surface area contributed by atoms with Crippen molar-refractivity contribution in [2.75, 3.05) is 19.7 Å². The molecule has 0 saturated carbocycles. The summed E-state index contributed by atoms with van der Waals surface area (Å²) in [5.74, 6) is -0.645. The summed E-state index contributed by atoms with van der Waals surface area (Å²) in [6, 6.07) is 10.7. The Kier molecular flexibility index (Phi) is 6.93. The molecule has 2 aromatic carbocycles. The van der Waals surface area contributed by atoms with E-state index in [1.807, 2.05) is 24.0 Å². The Hall–Kier alpha value is -2.25. The summed E-state index contributed by atoms with van der Waals surface area (Å²) in [6.07, 6.45) is -3.69. The van der Waals surface area contributed by atoms with Gasteiger partial charge in [0.15, 0.2) is 0 Å². The Morgan fingerprint density at radius 1 is 1.20 bits per heavy atom. The number of benzene rings is 2. The number of ether oxygens (including phenoxy) is 1. The first-order chi connectivity index (χ1) is 14.2. The van der Waals surface area contributed by atoms with E-state index in [0.29, 0.717) is 43.9 Å². The molecule has 4 nitrogen and oxygen atoms in total. The van der Waals surface area contributed by atoms with Gasteiger partial charge in [0.1, 0.15) is 5.75 Å². The second-order valence-electron chi connectivity index (χ2n) is 7.29. The Morgan fingerprint density at radius 2 is 1.87 bits per heavy atom. The van der Waals surface area contributed by atoms with Crippen LogP contribution < -0.4 is 4.74 Å². The van der Waals surface area contributed by atoms with Gasteiger partial charge in [0.05, 0.1) is 29.2 Å². The minimum atomic E-state index is -4.57. The summed E-state index contributed by atoms with van der Waals surface area (Å²) in [5.41, 5.74) is 0.354. The van der Waals surface area contributed by atoms with Crippen molar-refractivity contribution in [3.63, 3.8) is 0 Å². The number of rotatable bonds is 6. The van der Waals surface area contributed by atoms with Crippen LogP contribution in [0.4, 0.5) is 13.2 Å². The van der Waals surface area contributed by atoms with Gasteiger partial charge < -0.3 is 9.84 Å². The van der Waals surface area contributed by atoms with Crippen LogP contribution in [0.3, 0.4) is 0 Å². The van der Waals surface area contributed by atoms with E-state index in [4.69, 9.17) is 16.3 Å². The Labute approximate surface area is 178 Å². The second-order valence-corrected chi connectivity index (χ2v) is 7.70. The molecule has 1 heterocycles. The van der Waals surface area contributed by atoms with Crippen molar-refractivity contribution < 1.29 is 27.8 Å². The number of alkyl halides is 3. The molecule has 0 spiro atoms. The summed E-state index contributed by atoms with van der Waals surface area (Å²) >= 11 is 5.82. The zero-order valence-electron chi connectivity index (χ0n) is 16.5. The number of hydrogen-bond acceptors (Lipinski definition) is 3. The second kappa shape index (κ2) is 9.27. The van der Waals surface area contributed by atoms with E-state index >= 15 is 0 Å². The third kappa shape index (κ3) is 5.08. The van der Waals surface area contributed by atoms with Gasteiger partial charge in [-0.1, -0.05) is 29.8 Å². The van der Waals surface area contributed by atoms with E-state index in [1.165, 1.54) is 6.07 Å². The molecule has 1 saturated heterocycles. The van der Waals surface area contributed by atoms with E-state index < -0.39 is 29.7 Å². The van der Waals surface area contributed by atoms with E-state index in [9.17, 15) is 23.1 Å². The molecule has 3 rings (SSSR count). The molecule has 1 aliphatic heterocycles. The average Bonchev–Trinajstić information content (AvgIpc) is 2.69. The van der Waals surface area contributed by atoms with E-state index in [1.54, 1.807) is 18.2 Å². The predicted molar refractivity (Wildman–Crippen MR) is 108 cm³/mol. The van der Waals surface area contributed by atoms with E-state index in [-0.39, 0.29) is 5.02 Å². The minimum absolute atomic E-state index is 0.349. The van der Waals surface area contributed by atoms with Gasteiger partial charge >= 0.3 is 12.1 Å². The smallest absolute Gasteiger partial charge is 0.417 e. The maximum atomic E-state index is 13.5. The number of halogens is 4. The van der Waals surface area contributed by atoms with Crippen molar-refractivity contribution in [1.82, 2.24) is 4.90 Å². The lowest BCUT2D eigenvalue weighted by Crippen LogP contribution is -2.39. The molecule has 30 heavy (non-hydrogen) atoms. The minimum Gasteiger partial charge on any atom is -0.494 e. The number of likely N-dealkylation sites (tertiary alicyclic amines) is 1. The molecule has 162 valence electrons. The van der Waals surface area contributed by atoms with Crippen molar-refractivity contribution in [1.29, 1.82) is 0 Å². The summed E-state index contributed by atoms with van der Waals surface area (Å²) in [6.45, 7) is 3.25. The quantitative estimate of drug-likeness (QED) is 0.630. The van der Waals surface area contributed by atoms with Gasteiger partial charge in [0.2, 0.25) is 0 Å². The predicted octanol–water partition coefficient (Wildman–Crippen LogP) is 5.64. The molecule has 0 aliphatic carbocycles. The van der Waals surface area contributed by atoms with Crippen molar-refractivity contribution in [2.45, 2.75) is 32.0 Å². The van der Waals surface area contributed by atoms with Crippen LogP contribution in [0.2, 0.25) is 5.02 Å². The number of carbonyl (C=O) groups is 1. The summed E-state index contributed by atoms with van der Waals surface area (Å²) in [7, 11) is 0. The zero-order chi connectivity index (χ0) is 21.9. The van der Waals surface area contributed by atoms with Gasteiger partial charge in [-0.15, -0.1) is 0 Å². The zero-order valence-corrected chi connectivity index (χ0v) is 17.2. The first-order valence-electron chi connectivity index (χ1n) is 9.77. The summed E-state index contributed by atoms with van der Waals surface area (Å²) in [5, 5.41) is 8.92. The molecule has 1 atom stereocenters. The van der Waals surface area contributed by atoms with Gasteiger partial charge in [-0.25, -0.2) is 0 Å².